The Morgan fingerprint density at radius 2 is 2.00 bits per heavy atom. The van der Waals surface area contributed by atoms with E-state index in [4.69, 9.17) is 23.2 Å². The van der Waals surface area contributed by atoms with E-state index in [-0.39, 0.29) is 5.17 Å². The first-order valence-corrected chi connectivity index (χ1v) is 2.98. The van der Waals surface area contributed by atoms with Crippen LogP contribution < -0.4 is 0 Å². The van der Waals surface area contributed by atoms with Crippen molar-refractivity contribution in [1.29, 1.82) is 0 Å². The van der Waals surface area contributed by atoms with E-state index in [2.05, 4.69) is 16.8 Å². The summed E-state index contributed by atoms with van der Waals surface area (Å²) in [5.74, 6) is 0. The average molecular weight is 165 g/mol. The van der Waals surface area contributed by atoms with Gasteiger partial charge in [0, 0.05) is 0 Å². The smallest absolute Gasteiger partial charge is 0.142 e. The average Bonchev–Trinajstić information content (AvgIpc) is 1.83. The molecule has 0 aromatic heterocycles. The first kappa shape index (κ1) is 8.66. The Hall–Kier alpha value is -0.340. The van der Waals surface area contributed by atoms with Crippen LogP contribution in [-0.4, -0.2) is 10.3 Å². The van der Waals surface area contributed by atoms with Crippen molar-refractivity contribution >= 4 is 33.5 Å². The monoisotopic (exact) mass is 164 g/mol. The molecule has 0 fully saturated rings. The van der Waals surface area contributed by atoms with Gasteiger partial charge in [0.1, 0.15) is 5.17 Å². The minimum Gasteiger partial charge on any atom is -0.142 e. The molecular formula is C5H6Cl2N2. The van der Waals surface area contributed by atoms with Crippen LogP contribution in [0.25, 0.3) is 0 Å². The highest BCUT2D eigenvalue weighted by Crippen LogP contribution is 1.90. The van der Waals surface area contributed by atoms with Gasteiger partial charge in [0.2, 0.25) is 0 Å². The highest BCUT2D eigenvalue weighted by Gasteiger charge is 1.81. The van der Waals surface area contributed by atoms with Crippen molar-refractivity contribution in [3.63, 3.8) is 0 Å². The number of hydrogen-bond donors (Lipinski definition) is 0. The highest BCUT2D eigenvalue weighted by atomic mass is 35.5. The zero-order valence-electron chi connectivity index (χ0n) is 4.93. The second-order valence-electron chi connectivity index (χ2n) is 1.22. The van der Waals surface area contributed by atoms with Crippen molar-refractivity contribution in [2.45, 2.75) is 6.92 Å². The molecule has 0 aromatic carbocycles. The van der Waals surface area contributed by atoms with Crippen LogP contribution >= 0.6 is 23.2 Å². The summed E-state index contributed by atoms with van der Waals surface area (Å²) in [7, 11) is 0. The molecule has 9 heavy (non-hydrogen) atoms. The van der Waals surface area contributed by atoms with Crippen molar-refractivity contribution in [3.05, 3.63) is 12.7 Å². The van der Waals surface area contributed by atoms with E-state index in [1.807, 2.05) is 0 Å². The lowest BCUT2D eigenvalue weighted by atomic mass is 10.7. The van der Waals surface area contributed by atoms with Crippen LogP contribution in [0.5, 0.6) is 0 Å². The minimum absolute atomic E-state index is 0.231. The molecule has 0 saturated heterocycles. The van der Waals surface area contributed by atoms with Crippen molar-refractivity contribution in [2.24, 2.45) is 10.2 Å². The minimum atomic E-state index is 0.231. The molecule has 0 saturated carbocycles. The number of halogens is 2. The summed E-state index contributed by atoms with van der Waals surface area (Å²) in [6, 6.07) is 0. The van der Waals surface area contributed by atoms with Gasteiger partial charge in [0.25, 0.3) is 0 Å². The predicted octanol–water partition coefficient (Wildman–Crippen LogP) is 2.38. The Kier molecular flexibility index (Phi) is 4.36. The third-order valence-electron chi connectivity index (χ3n) is 0.452. The van der Waals surface area contributed by atoms with Gasteiger partial charge in [-0.25, -0.2) is 0 Å². The lowest BCUT2D eigenvalue weighted by Crippen LogP contribution is -1.77. The van der Waals surface area contributed by atoms with Crippen LogP contribution in [-0.2, 0) is 0 Å². The molecule has 0 bridgehead atoms. The van der Waals surface area contributed by atoms with Crippen LogP contribution in [0.1, 0.15) is 6.92 Å². The normalized spacial score (nSPS) is 13.7. The maximum atomic E-state index is 5.38. The quantitative estimate of drug-likeness (QED) is 0.443. The molecule has 0 aliphatic rings. The van der Waals surface area contributed by atoms with Gasteiger partial charge in [-0.2, -0.15) is 0 Å². The molecule has 0 aliphatic heterocycles. The molecular weight excluding hydrogens is 159 g/mol. The van der Waals surface area contributed by atoms with Gasteiger partial charge < -0.3 is 0 Å². The summed E-state index contributed by atoms with van der Waals surface area (Å²) in [6.45, 7) is 4.97. The Bertz CT molecular complexity index is 156. The van der Waals surface area contributed by atoms with E-state index in [0.717, 1.165) is 0 Å². The van der Waals surface area contributed by atoms with Gasteiger partial charge in [0.15, 0.2) is 5.17 Å². The zero-order chi connectivity index (χ0) is 7.28. The van der Waals surface area contributed by atoms with E-state index >= 15 is 0 Å². The van der Waals surface area contributed by atoms with E-state index < -0.39 is 0 Å². The third-order valence-corrected chi connectivity index (χ3v) is 0.757. The number of hydrogen-bond acceptors (Lipinski definition) is 2. The molecule has 4 heteroatoms. The van der Waals surface area contributed by atoms with Crippen LogP contribution in [0.3, 0.4) is 0 Å². The summed E-state index contributed by atoms with van der Waals surface area (Å²) in [5, 5.41) is 7.50. The number of allylic oxidation sites excluding steroid dienone is 1. The van der Waals surface area contributed by atoms with Gasteiger partial charge in [0.05, 0.1) is 0 Å². The Morgan fingerprint density at radius 3 is 2.33 bits per heavy atom. The molecule has 0 heterocycles. The Labute approximate surface area is 63.9 Å². The number of nitrogens with zero attached hydrogens (tertiary/aromatic N) is 2. The predicted molar refractivity (Wildman–Crippen MR) is 42.4 cm³/mol. The highest BCUT2D eigenvalue weighted by molar-refractivity contribution is 6.68. The molecule has 0 aromatic rings. The van der Waals surface area contributed by atoms with E-state index in [1.54, 1.807) is 6.92 Å². The van der Waals surface area contributed by atoms with Crippen LogP contribution in [0.15, 0.2) is 22.9 Å². The molecule has 2 nitrogen and oxygen atoms in total. The van der Waals surface area contributed by atoms with Crippen molar-refractivity contribution in [1.82, 2.24) is 0 Å². The molecule has 0 spiro atoms. The van der Waals surface area contributed by atoms with Crippen molar-refractivity contribution < 1.29 is 0 Å². The zero-order valence-corrected chi connectivity index (χ0v) is 6.45. The fourth-order valence-electron chi connectivity index (χ4n) is 0.157. The standard InChI is InChI=1S/C5H6Cl2N2/c1-3-5(7)9-8-4(2)6/h3H,1H2,2H3/b8-4-,9-5-. The second-order valence-corrected chi connectivity index (χ2v) is 2.16. The first-order chi connectivity index (χ1) is 4.16. The van der Waals surface area contributed by atoms with Crippen LogP contribution in [0.2, 0.25) is 0 Å². The maximum absolute atomic E-state index is 5.38. The topological polar surface area (TPSA) is 24.7 Å². The molecule has 0 rings (SSSR count). The van der Waals surface area contributed by atoms with Gasteiger partial charge in [-0.1, -0.05) is 29.8 Å². The molecule has 0 amide bonds. The fraction of sp³-hybridized carbons (Fsp3) is 0.200. The van der Waals surface area contributed by atoms with Gasteiger partial charge in [-0.15, -0.1) is 10.2 Å². The molecule has 0 unspecified atom stereocenters. The largest absolute Gasteiger partial charge is 0.151 e. The summed E-state index contributed by atoms with van der Waals surface area (Å²) in [6.07, 6.45) is 1.38. The van der Waals surface area contributed by atoms with Crippen LogP contribution in [0, 0.1) is 0 Å². The summed E-state index contributed by atoms with van der Waals surface area (Å²) in [4.78, 5) is 0. The molecule has 0 N–H and O–H groups in total. The first-order valence-electron chi connectivity index (χ1n) is 2.22. The second kappa shape index (κ2) is 4.53. The summed E-state index contributed by atoms with van der Waals surface area (Å²) >= 11 is 10.7. The van der Waals surface area contributed by atoms with Gasteiger partial charge >= 0.3 is 0 Å². The van der Waals surface area contributed by atoms with Crippen molar-refractivity contribution in [3.8, 4) is 0 Å². The van der Waals surface area contributed by atoms with E-state index in [0.29, 0.717) is 5.17 Å². The van der Waals surface area contributed by atoms with E-state index in [1.165, 1.54) is 6.08 Å². The third kappa shape index (κ3) is 5.53. The fourth-order valence-corrected chi connectivity index (χ4v) is 0.233. The molecule has 0 atom stereocenters. The van der Waals surface area contributed by atoms with Crippen molar-refractivity contribution in [2.75, 3.05) is 0 Å². The lowest BCUT2D eigenvalue weighted by Gasteiger charge is -1.80. The van der Waals surface area contributed by atoms with Gasteiger partial charge in [-0.3, -0.25) is 0 Å². The van der Waals surface area contributed by atoms with Gasteiger partial charge in [-0.05, 0) is 13.0 Å². The molecule has 0 radical (unpaired) electrons. The summed E-state index contributed by atoms with van der Waals surface area (Å²) < 4.78 is 0. The number of rotatable bonds is 2. The lowest BCUT2D eigenvalue weighted by molar-refractivity contribution is 1.25. The van der Waals surface area contributed by atoms with E-state index in [9.17, 15) is 0 Å². The SMILES string of the molecule is C=C/C(Cl)=N/N=C(/C)Cl. The summed E-state index contributed by atoms with van der Waals surface area (Å²) in [5.41, 5.74) is 0. The Balaban J connectivity index is 3.98. The molecule has 50 valence electrons. The van der Waals surface area contributed by atoms with Crippen LogP contribution in [0.4, 0.5) is 0 Å². The molecule has 0 aliphatic carbocycles. The maximum Gasteiger partial charge on any atom is 0.151 e. The Morgan fingerprint density at radius 1 is 1.44 bits per heavy atom.